The van der Waals surface area contributed by atoms with Crippen molar-refractivity contribution in [2.75, 3.05) is 39.5 Å². The zero-order chi connectivity index (χ0) is 27.9. The van der Waals surface area contributed by atoms with Crippen LogP contribution in [0.3, 0.4) is 0 Å². The monoisotopic (exact) mass is 573 g/mol. The highest BCUT2D eigenvalue weighted by atomic mass is 32.2. The third-order valence-electron chi connectivity index (χ3n) is 8.99. The van der Waals surface area contributed by atoms with E-state index < -0.39 is 27.7 Å². The van der Waals surface area contributed by atoms with Crippen molar-refractivity contribution < 1.29 is 27.8 Å². The number of fused-ring (bicyclic) bond motifs is 2. The number of aliphatic hydroxyl groups excluding tert-OH is 1. The summed E-state index contributed by atoms with van der Waals surface area (Å²) in [5, 5.41) is 18.0. The summed E-state index contributed by atoms with van der Waals surface area (Å²) in [6, 6.07) is 4.36. The van der Waals surface area contributed by atoms with Crippen LogP contribution in [0, 0.1) is 0 Å². The van der Waals surface area contributed by atoms with Crippen LogP contribution in [0.1, 0.15) is 55.6 Å². The first-order valence-electron chi connectivity index (χ1n) is 14.3. The molecule has 218 valence electrons. The fourth-order valence-electron chi connectivity index (χ4n) is 6.64. The Balaban J connectivity index is 1.28. The maximum atomic E-state index is 13.9. The number of nitrogens with one attached hydrogen (secondary N) is 1. The van der Waals surface area contributed by atoms with E-state index in [9.17, 15) is 18.3 Å². The molecule has 12 heteroatoms. The number of carbonyl (C=O) groups is 1. The Morgan fingerprint density at radius 2 is 1.93 bits per heavy atom. The van der Waals surface area contributed by atoms with Gasteiger partial charge in [-0.2, -0.15) is 9.40 Å². The van der Waals surface area contributed by atoms with Crippen LogP contribution < -0.4 is 10.1 Å². The minimum absolute atomic E-state index is 0.0532. The van der Waals surface area contributed by atoms with Crippen LogP contribution >= 0.6 is 0 Å². The highest BCUT2D eigenvalue weighted by Gasteiger charge is 2.47. The van der Waals surface area contributed by atoms with Gasteiger partial charge in [-0.05, 0) is 49.3 Å². The topological polar surface area (TPSA) is 126 Å². The number of rotatable bonds is 3. The van der Waals surface area contributed by atoms with Gasteiger partial charge < -0.3 is 19.9 Å². The average molecular weight is 574 g/mol. The number of benzene rings is 1. The van der Waals surface area contributed by atoms with Crippen LogP contribution in [0.5, 0.6) is 5.75 Å². The highest BCUT2D eigenvalue weighted by molar-refractivity contribution is 7.89. The maximum Gasteiger partial charge on any atom is 0.247 e. The SMILES string of the molecule is Cn1cc(CN2CCC3(CCOc4cc(C5CCOCC5)ccc4S(=O)(=O)N4C[C@H](O)C[C@H]4C(=O)N3)CC2)cn1. The second kappa shape index (κ2) is 11.1. The lowest BCUT2D eigenvalue weighted by Gasteiger charge is -2.43. The Bertz CT molecular complexity index is 1330. The molecule has 4 aliphatic rings. The molecule has 0 radical (unpaired) electrons. The average Bonchev–Trinajstić information content (AvgIpc) is 3.55. The van der Waals surface area contributed by atoms with E-state index in [1.807, 2.05) is 31.6 Å². The molecule has 6 rings (SSSR count). The molecule has 1 amide bonds. The molecule has 5 heterocycles. The van der Waals surface area contributed by atoms with Gasteiger partial charge in [0.15, 0.2) is 0 Å². The molecule has 3 saturated heterocycles. The summed E-state index contributed by atoms with van der Waals surface area (Å²) in [4.78, 5) is 16.1. The number of amides is 1. The Hall–Kier alpha value is -2.51. The molecule has 1 aromatic carbocycles. The molecule has 3 fully saturated rings. The maximum absolute atomic E-state index is 13.9. The molecule has 2 atom stereocenters. The van der Waals surface area contributed by atoms with E-state index in [-0.39, 0.29) is 36.3 Å². The summed E-state index contributed by atoms with van der Waals surface area (Å²) in [5.41, 5.74) is 1.66. The molecular formula is C28H39N5O6S. The van der Waals surface area contributed by atoms with Gasteiger partial charge in [-0.15, -0.1) is 0 Å². The van der Waals surface area contributed by atoms with Crippen LogP contribution in [0.15, 0.2) is 35.5 Å². The molecule has 2 N–H and O–H groups in total. The first-order valence-corrected chi connectivity index (χ1v) is 15.7. The van der Waals surface area contributed by atoms with E-state index in [1.54, 1.807) is 10.7 Å². The third kappa shape index (κ3) is 5.52. The van der Waals surface area contributed by atoms with Crippen LogP contribution in [0.25, 0.3) is 0 Å². The predicted octanol–water partition coefficient (Wildman–Crippen LogP) is 1.37. The van der Waals surface area contributed by atoms with Crippen LogP contribution in [0.2, 0.25) is 0 Å². The van der Waals surface area contributed by atoms with Gasteiger partial charge in [-0.3, -0.25) is 14.4 Å². The molecule has 40 heavy (non-hydrogen) atoms. The molecule has 1 spiro atoms. The van der Waals surface area contributed by atoms with Crippen molar-refractivity contribution in [1.82, 2.24) is 24.3 Å². The van der Waals surface area contributed by atoms with E-state index in [0.717, 1.165) is 56.4 Å². The van der Waals surface area contributed by atoms with Gasteiger partial charge in [0.2, 0.25) is 15.9 Å². The van der Waals surface area contributed by atoms with Gasteiger partial charge in [-0.1, -0.05) is 6.07 Å². The summed E-state index contributed by atoms with van der Waals surface area (Å²) in [6.07, 6.45) is 6.82. The minimum atomic E-state index is -4.09. The number of piperidine rings is 1. The van der Waals surface area contributed by atoms with E-state index in [4.69, 9.17) is 9.47 Å². The fraction of sp³-hybridized carbons (Fsp3) is 0.643. The third-order valence-corrected chi connectivity index (χ3v) is 10.9. The second-order valence-corrected chi connectivity index (χ2v) is 13.6. The molecule has 11 nitrogen and oxygen atoms in total. The van der Waals surface area contributed by atoms with Crippen molar-refractivity contribution in [3.63, 3.8) is 0 Å². The number of carbonyl (C=O) groups excluding carboxylic acids is 1. The van der Waals surface area contributed by atoms with Crippen molar-refractivity contribution in [3.05, 3.63) is 41.7 Å². The number of hydrogen-bond donors (Lipinski definition) is 2. The van der Waals surface area contributed by atoms with E-state index in [2.05, 4.69) is 15.3 Å². The first kappa shape index (κ1) is 27.6. The Morgan fingerprint density at radius 3 is 2.65 bits per heavy atom. The van der Waals surface area contributed by atoms with Crippen LogP contribution in [-0.4, -0.2) is 95.6 Å². The summed E-state index contributed by atoms with van der Waals surface area (Å²) < 4.78 is 42.6. The number of hydrogen-bond acceptors (Lipinski definition) is 8. The summed E-state index contributed by atoms with van der Waals surface area (Å²) >= 11 is 0. The van der Waals surface area contributed by atoms with Gasteiger partial charge in [0.05, 0.1) is 18.9 Å². The molecule has 2 aromatic rings. The number of aliphatic hydroxyl groups is 1. The number of aryl methyl sites for hydroxylation is 1. The number of sulfonamides is 1. The molecule has 4 aliphatic heterocycles. The van der Waals surface area contributed by atoms with Crippen LogP contribution in [0.4, 0.5) is 0 Å². The minimum Gasteiger partial charge on any atom is -0.492 e. The number of likely N-dealkylation sites (tertiary alicyclic amines) is 1. The van der Waals surface area contributed by atoms with Gasteiger partial charge in [0.25, 0.3) is 0 Å². The normalized spacial score (nSPS) is 27.8. The van der Waals surface area contributed by atoms with E-state index in [0.29, 0.717) is 25.4 Å². The lowest BCUT2D eigenvalue weighted by Crippen LogP contribution is -2.59. The van der Waals surface area contributed by atoms with Crippen molar-refractivity contribution in [3.8, 4) is 5.75 Å². The highest BCUT2D eigenvalue weighted by Crippen LogP contribution is 2.38. The first-order chi connectivity index (χ1) is 19.2. The Labute approximate surface area is 235 Å². The van der Waals surface area contributed by atoms with Crippen LogP contribution in [-0.2, 0) is 33.1 Å². The van der Waals surface area contributed by atoms with Crippen molar-refractivity contribution in [2.24, 2.45) is 7.05 Å². The number of nitrogens with zero attached hydrogens (tertiary/aromatic N) is 4. The predicted molar refractivity (Wildman–Crippen MR) is 146 cm³/mol. The number of aromatic nitrogens is 2. The van der Waals surface area contributed by atoms with Gasteiger partial charge in [0.1, 0.15) is 16.7 Å². The van der Waals surface area contributed by atoms with Gasteiger partial charge in [0, 0.05) is 76.6 Å². The standard InChI is InChI=1S/C28H39N5O6S/c1-31-17-20(16-29-31)18-32-9-6-28(7-10-32)8-13-39-25-14-22(21-4-11-38-12-5-21)2-3-26(25)40(36,37)33-19-23(34)15-24(33)27(35)30-28/h2-3,14,16-17,21,23-24,34H,4-13,15,18-19H2,1H3,(H,30,35)/t23-,24+/m1/s1. The largest absolute Gasteiger partial charge is 0.492 e. The molecule has 0 aliphatic carbocycles. The van der Waals surface area contributed by atoms with Crippen molar-refractivity contribution in [2.45, 2.75) is 73.6 Å². The lowest BCUT2D eigenvalue weighted by molar-refractivity contribution is -0.127. The summed E-state index contributed by atoms with van der Waals surface area (Å²) in [6.45, 7) is 3.90. The Morgan fingerprint density at radius 1 is 1.15 bits per heavy atom. The van der Waals surface area contributed by atoms with Gasteiger partial charge >= 0.3 is 0 Å². The zero-order valence-electron chi connectivity index (χ0n) is 23.0. The second-order valence-electron chi connectivity index (χ2n) is 11.7. The van der Waals surface area contributed by atoms with Crippen molar-refractivity contribution >= 4 is 15.9 Å². The Kier molecular flexibility index (Phi) is 7.64. The quantitative estimate of drug-likeness (QED) is 0.564. The van der Waals surface area contributed by atoms with E-state index in [1.165, 1.54) is 4.31 Å². The van der Waals surface area contributed by atoms with E-state index >= 15 is 0 Å². The zero-order valence-corrected chi connectivity index (χ0v) is 23.8. The molecule has 0 bridgehead atoms. The van der Waals surface area contributed by atoms with Gasteiger partial charge in [-0.25, -0.2) is 8.42 Å². The summed E-state index contributed by atoms with van der Waals surface area (Å²) in [5.74, 6) is 0.259. The number of ether oxygens (including phenoxy) is 2. The molecular weight excluding hydrogens is 534 g/mol. The fourth-order valence-corrected chi connectivity index (χ4v) is 8.39. The molecule has 0 unspecified atom stereocenters. The molecule has 0 saturated carbocycles. The lowest BCUT2D eigenvalue weighted by atomic mass is 9.84. The summed E-state index contributed by atoms with van der Waals surface area (Å²) in [7, 11) is -2.18. The molecule has 1 aromatic heterocycles. The van der Waals surface area contributed by atoms with Crippen molar-refractivity contribution in [1.29, 1.82) is 0 Å². The smallest absolute Gasteiger partial charge is 0.247 e.